The molecule has 29 heavy (non-hydrogen) atoms. The van der Waals surface area contributed by atoms with Crippen LogP contribution in [0.4, 0.5) is 13.2 Å². The van der Waals surface area contributed by atoms with Crippen molar-refractivity contribution in [2.24, 2.45) is 5.92 Å². The van der Waals surface area contributed by atoms with E-state index in [2.05, 4.69) is 20.7 Å². The maximum Gasteiger partial charge on any atom is 0.573 e. The van der Waals surface area contributed by atoms with Crippen LogP contribution in [-0.4, -0.2) is 49.5 Å². The quantitative estimate of drug-likeness (QED) is 0.639. The van der Waals surface area contributed by atoms with Gasteiger partial charge in [-0.25, -0.2) is 0 Å². The van der Waals surface area contributed by atoms with Gasteiger partial charge in [-0.3, -0.25) is 19.8 Å². The van der Waals surface area contributed by atoms with E-state index in [0.29, 0.717) is 5.56 Å². The number of hydrogen-bond donors (Lipinski definition) is 3. The molecule has 11 heteroatoms. The van der Waals surface area contributed by atoms with Crippen molar-refractivity contribution in [1.82, 2.24) is 20.9 Å². The van der Waals surface area contributed by atoms with Crippen LogP contribution in [0.15, 0.2) is 18.2 Å². The van der Waals surface area contributed by atoms with E-state index in [-0.39, 0.29) is 29.2 Å². The van der Waals surface area contributed by atoms with Gasteiger partial charge in [0.15, 0.2) is 0 Å². The van der Waals surface area contributed by atoms with E-state index in [4.69, 9.17) is 11.6 Å². The van der Waals surface area contributed by atoms with Crippen LogP contribution in [0.1, 0.15) is 30.9 Å². The summed E-state index contributed by atoms with van der Waals surface area (Å²) < 4.78 is 41.2. The molecular formula is C18H22ClF3N4O3. The molecule has 3 atom stereocenters. The lowest BCUT2D eigenvalue weighted by molar-refractivity contribution is -0.274. The van der Waals surface area contributed by atoms with Crippen LogP contribution >= 0.6 is 11.6 Å². The van der Waals surface area contributed by atoms with Crippen molar-refractivity contribution in [2.45, 2.75) is 44.0 Å². The lowest BCUT2D eigenvalue weighted by Gasteiger charge is -2.35. The molecule has 1 aromatic carbocycles. The molecule has 2 fully saturated rings. The highest BCUT2D eigenvalue weighted by atomic mass is 35.5. The highest BCUT2D eigenvalue weighted by Crippen LogP contribution is 2.43. The first-order chi connectivity index (χ1) is 13.5. The van der Waals surface area contributed by atoms with Crippen molar-refractivity contribution in [3.8, 4) is 5.75 Å². The van der Waals surface area contributed by atoms with E-state index in [9.17, 15) is 22.8 Å². The summed E-state index contributed by atoms with van der Waals surface area (Å²) in [4.78, 5) is 26.4. The van der Waals surface area contributed by atoms with Crippen LogP contribution in [-0.2, 0) is 9.59 Å². The molecule has 3 N–H and O–H groups in total. The topological polar surface area (TPSA) is 82.7 Å². The Balaban J connectivity index is 1.73. The first-order valence-electron chi connectivity index (χ1n) is 9.11. The Bertz CT molecular complexity index is 786. The molecule has 2 amide bonds. The molecule has 0 bridgehead atoms. The second-order valence-electron chi connectivity index (χ2n) is 7.42. The molecule has 2 aliphatic rings. The summed E-state index contributed by atoms with van der Waals surface area (Å²) >= 11 is 5.95. The van der Waals surface area contributed by atoms with Gasteiger partial charge in [-0.2, -0.15) is 0 Å². The Morgan fingerprint density at radius 3 is 2.59 bits per heavy atom. The van der Waals surface area contributed by atoms with Crippen molar-refractivity contribution >= 4 is 23.4 Å². The average molecular weight is 435 g/mol. The molecule has 1 aliphatic heterocycles. The highest BCUT2D eigenvalue weighted by Gasteiger charge is 2.38. The number of benzene rings is 1. The summed E-state index contributed by atoms with van der Waals surface area (Å²) in [5.41, 5.74) is 0.588. The van der Waals surface area contributed by atoms with Crippen molar-refractivity contribution < 1.29 is 27.5 Å². The number of halogens is 4. The molecule has 1 heterocycles. The molecule has 7 nitrogen and oxygen atoms in total. The van der Waals surface area contributed by atoms with E-state index in [1.54, 1.807) is 19.0 Å². The van der Waals surface area contributed by atoms with Crippen LogP contribution in [0, 0.1) is 5.92 Å². The van der Waals surface area contributed by atoms with Crippen molar-refractivity contribution in [1.29, 1.82) is 0 Å². The van der Waals surface area contributed by atoms with Gasteiger partial charge in [-0.15, -0.1) is 13.2 Å². The first kappa shape index (κ1) is 21.7. The number of rotatable bonds is 6. The van der Waals surface area contributed by atoms with Crippen molar-refractivity contribution in [2.75, 3.05) is 14.1 Å². The smallest absolute Gasteiger partial charge is 0.404 e. The molecule has 1 saturated heterocycles. The minimum absolute atomic E-state index is 0.00727. The Kier molecular flexibility index (Phi) is 6.25. The predicted molar refractivity (Wildman–Crippen MR) is 98.9 cm³/mol. The molecule has 160 valence electrons. The van der Waals surface area contributed by atoms with Crippen LogP contribution in [0.5, 0.6) is 5.75 Å². The number of carbonyl (C=O) groups is 2. The number of nitrogens with one attached hydrogen (secondary N) is 3. The van der Waals surface area contributed by atoms with Gasteiger partial charge in [0, 0.05) is 0 Å². The van der Waals surface area contributed by atoms with Crippen molar-refractivity contribution in [3.63, 3.8) is 0 Å². The molecule has 1 saturated carbocycles. The summed E-state index contributed by atoms with van der Waals surface area (Å²) in [6.45, 7) is 0. The Morgan fingerprint density at radius 2 is 2.03 bits per heavy atom. The zero-order valence-electron chi connectivity index (χ0n) is 15.8. The predicted octanol–water partition coefficient (Wildman–Crippen LogP) is 2.13. The zero-order chi connectivity index (χ0) is 21.3. The number of hydrogen-bond acceptors (Lipinski definition) is 5. The van der Waals surface area contributed by atoms with Gasteiger partial charge in [0.05, 0.1) is 23.5 Å². The molecule has 1 aromatic rings. The molecule has 0 radical (unpaired) electrons. The highest BCUT2D eigenvalue weighted by molar-refractivity contribution is 6.32. The van der Waals surface area contributed by atoms with Crippen LogP contribution in [0.25, 0.3) is 0 Å². The number of nitrogens with zero attached hydrogens (tertiary/aromatic N) is 1. The van der Waals surface area contributed by atoms with E-state index < -0.39 is 30.5 Å². The van der Waals surface area contributed by atoms with Gasteiger partial charge in [-0.05, 0) is 50.6 Å². The Labute approximate surface area is 170 Å². The van der Waals surface area contributed by atoms with Gasteiger partial charge >= 0.3 is 6.36 Å². The van der Waals surface area contributed by atoms with E-state index in [0.717, 1.165) is 18.9 Å². The monoisotopic (exact) mass is 434 g/mol. The minimum Gasteiger partial charge on any atom is -0.404 e. The third-order valence-corrected chi connectivity index (χ3v) is 5.11. The zero-order valence-corrected chi connectivity index (χ0v) is 16.6. The van der Waals surface area contributed by atoms with Gasteiger partial charge in [0.2, 0.25) is 11.8 Å². The third kappa shape index (κ3) is 5.74. The lowest BCUT2D eigenvalue weighted by atomic mass is 10.0. The molecule has 0 spiro atoms. The second-order valence-corrected chi connectivity index (χ2v) is 7.83. The van der Waals surface area contributed by atoms with Crippen LogP contribution in [0.2, 0.25) is 5.02 Å². The Hall–Kier alpha value is -2.04. The van der Waals surface area contributed by atoms with Gasteiger partial charge in [0.25, 0.3) is 0 Å². The third-order valence-electron chi connectivity index (χ3n) is 4.81. The number of amides is 2. The molecule has 1 aliphatic carbocycles. The minimum atomic E-state index is -4.84. The first-order valence-corrected chi connectivity index (χ1v) is 9.48. The SMILES string of the molecule is CN(C)C1NC(=O)CC(C(=O)N[C@@H](c2ccc(OC(F)(F)F)c(Cl)c2)C2CC2)N1. The molecule has 0 aromatic heterocycles. The number of carbonyl (C=O) groups excluding carboxylic acids is 2. The maximum absolute atomic E-state index is 12.8. The summed E-state index contributed by atoms with van der Waals surface area (Å²) in [5.74, 6) is -0.938. The Morgan fingerprint density at radius 1 is 1.34 bits per heavy atom. The normalized spacial score (nSPS) is 23.5. The average Bonchev–Trinajstić information content (AvgIpc) is 3.44. The number of ether oxygens (including phenoxy) is 1. The van der Waals surface area contributed by atoms with Gasteiger partial charge < -0.3 is 15.4 Å². The van der Waals surface area contributed by atoms with E-state index in [1.165, 1.54) is 12.1 Å². The van der Waals surface area contributed by atoms with E-state index >= 15 is 0 Å². The fraction of sp³-hybridized carbons (Fsp3) is 0.556. The summed E-state index contributed by atoms with van der Waals surface area (Å²) in [6, 6.07) is 2.83. The number of alkyl halides is 3. The lowest BCUT2D eigenvalue weighted by Crippen LogP contribution is -2.65. The summed E-state index contributed by atoms with van der Waals surface area (Å²) in [5, 5.41) is 8.51. The fourth-order valence-corrected chi connectivity index (χ4v) is 3.44. The summed E-state index contributed by atoms with van der Waals surface area (Å²) in [7, 11) is 3.52. The van der Waals surface area contributed by atoms with Crippen LogP contribution < -0.4 is 20.7 Å². The van der Waals surface area contributed by atoms with Crippen molar-refractivity contribution in [3.05, 3.63) is 28.8 Å². The second kappa shape index (κ2) is 8.37. The molecular weight excluding hydrogens is 413 g/mol. The van der Waals surface area contributed by atoms with Crippen LogP contribution in [0.3, 0.4) is 0 Å². The fourth-order valence-electron chi connectivity index (χ4n) is 3.21. The largest absolute Gasteiger partial charge is 0.573 e. The molecule has 3 rings (SSSR count). The van der Waals surface area contributed by atoms with Gasteiger partial charge in [0.1, 0.15) is 12.0 Å². The van der Waals surface area contributed by atoms with Gasteiger partial charge in [-0.1, -0.05) is 17.7 Å². The maximum atomic E-state index is 12.8. The standard InChI is InChI=1S/C18H22ClF3N4O3/c1-26(2)17-23-12(8-14(27)24-17)16(28)25-15(9-3-4-9)10-5-6-13(11(19)7-10)29-18(20,21)22/h5-7,9,12,15,17,23H,3-4,8H2,1-2H3,(H,24,27)(H,25,28)/t12?,15-,17?/m1/s1. The van der Waals surface area contributed by atoms with E-state index in [1.807, 2.05) is 0 Å². The summed E-state index contributed by atoms with van der Waals surface area (Å²) in [6.07, 6.45) is -3.57. The molecule has 2 unspecified atom stereocenters.